The van der Waals surface area contributed by atoms with Crippen molar-refractivity contribution in [1.29, 1.82) is 0 Å². The van der Waals surface area contributed by atoms with Crippen molar-refractivity contribution in [2.45, 2.75) is 30.3 Å². The first-order valence-electron chi connectivity index (χ1n) is 6.02. The molecule has 3 nitrogen and oxygen atoms in total. The third-order valence-electron chi connectivity index (χ3n) is 2.82. The molecule has 0 saturated carbocycles. The van der Waals surface area contributed by atoms with E-state index in [1.807, 2.05) is 25.1 Å². The second-order valence-corrected chi connectivity index (χ2v) is 8.72. The molecule has 1 rings (SSSR count). The van der Waals surface area contributed by atoms with Crippen molar-refractivity contribution in [3.8, 4) is 5.75 Å². The van der Waals surface area contributed by atoms with Crippen LogP contribution >= 0.6 is 31.9 Å². The van der Waals surface area contributed by atoms with Crippen LogP contribution in [0.2, 0.25) is 0 Å². The van der Waals surface area contributed by atoms with E-state index in [4.69, 9.17) is 4.74 Å². The Labute approximate surface area is 131 Å². The van der Waals surface area contributed by atoms with Crippen molar-refractivity contribution in [2.24, 2.45) is 0 Å². The third-order valence-corrected chi connectivity index (χ3v) is 6.74. The van der Waals surface area contributed by atoms with Gasteiger partial charge in [0.25, 0.3) is 0 Å². The molecule has 0 aromatic heterocycles. The number of halogens is 2. The Kier molecular flexibility index (Phi) is 6.33. The van der Waals surface area contributed by atoms with Crippen LogP contribution in [0, 0.1) is 0 Å². The standard InChI is InChI=1S/C13H18Br2O3S/c1-4-7-18-12-6-5-10(8-11(12)14)13(15)9(2)19(3,16)17/h5-6,8-9,13H,4,7H2,1-3H3. The highest BCUT2D eigenvalue weighted by atomic mass is 79.9. The smallest absolute Gasteiger partial charge is 0.151 e. The van der Waals surface area contributed by atoms with E-state index < -0.39 is 15.1 Å². The zero-order chi connectivity index (χ0) is 14.6. The van der Waals surface area contributed by atoms with E-state index in [0.29, 0.717) is 6.61 Å². The normalized spacial score (nSPS) is 15.0. The molecule has 0 fully saturated rings. The fraction of sp³-hybridized carbons (Fsp3) is 0.538. The lowest BCUT2D eigenvalue weighted by Crippen LogP contribution is -2.20. The molecule has 0 radical (unpaired) electrons. The van der Waals surface area contributed by atoms with Gasteiger partial charge in [-0.05, 0) is 47.0 Å². The summed E-state index contributed by atoms with van der Waals surface area (Å²) in [5.74, 6) is 0.775. The van der Waals surface area contributed by atoms with Crippen LogP contribution in [0.3, 0.4) is 0 Å². The Morgan fingerprint density at radius 2 is 2.00 bits per heavy atom. The number of alkyl halides is 1. The van der Waals surface area contributed by atoms with E-state index in [1.165, 1.54) is 6.26 Å². The van der Waals surface area contributed by atoms with E-state index in [2.05, 4.69) is 31.9 Å². The third kappa shape index (κ3) is 4.76. The molecular weight excluding hydrogens is 396 g/mol. The molecule has 0 heterocycles. The summed E-state index contributed by atoms with van der Waals surface area (Å²) in [4.78, 5) is -0.237. The zero-order valence-corrected chi connectivity index (χ0v) is 15.2. The van der Waals surface area contributed by atoms with Crippen LogP contribution in [0.1, 0.15) is 30.7 Å². The summed E-state index contributed by atoms with van der Waals surface area (Å²) in [7, 11) is -3.08. The van der Waals surface area contributed by atoms with Gasteiger partial charge < -0.3 is 4.74 Å². The summed E-state index contributed by atoms with van der Waals surface area (Å²) >= 11 is 6.91. The van der Waals surface area contributed by atoms with E-state index in [0.717, 1.165) is 22.2 Å². The van der Waals surface area contributed by atoms with Gasteiger partial charge in [-0.15, -0.1) is 0 Å². The van der Waals surface area contributed by atoms with Gasteiger partial charge in [0.2, 0.25) is 0 Å². The van der Waals surface area contributed by atoms with Crippen LogP contribution < -0.4 is 4.74 Å². The van der Waals surface area contributed by atoms with Gasteiger partial charge in [-0.3, -0.25) is 0 Å². The summed E-state index contributed by atoms with van der Waals surface area (Å²) in [6, 6.07) is 5.64. The van der Waals surface area contributed by atoms with Crippen LogP contribution in [0.25, 0.3) is 0 Å². The maximum atomic E-state index is 11.6. The van der Waals surface area contributed by atoms with E-state index in [1.54, 1.807) is 6.92 Å². The van der Waals surface area contributed by atoms with E-state index >= 15 is 0 Å². The number of ether oxygens (including phenoxy) is 1. The average Bonchev–Trinajstić information content (AvgIpc) is 2.34. The molecule has 0 aliphatic carbocycles. The fourth-order valence-electron chi connectivity index (χ4n) is 1.51. The molecule has 2 unspecified atom stereocenters. The van der Waals surface area contributed by atoms with Crippen LogP contribution in [-0.2, 0) is 9.84 Å². The molecule has 6 heteroatoms. The van der Waals surface area contributed by atoms with Gasteiger partial charge in [0.15, 0.2) is 9.84 Å². The fourth-order valence-corrected chi connectivity index (χ4v) is 4.07. The SMILES string of the molecule is CCCOc1ccc(C(Br)C(C)S(C)(=O)=O)cc1Br. The minimum Gasteiger partial charge on any atom is -0.492 e. The van der Waals surface area contributed by atoms with Gasteiger partial charge in [0.05, 0.1) is 21.2 Å². The molecule has 0 aliphatic rings. The molecule has 0 amide bonds. The molecule has 0 aliphatic heterocycles. The van der Waals surface area contributed by atoms with Crippen LogP contribution in [-0.4, -0.2) is 26.5 Å². The highest BCUT2D eigenvalue weighted by molar-refractivity contribution is 9.10. The Balaban J connectivity index is 2.94. The highest BCUT2D eigenvalue weighted by Gasteiger charge is 2.25. The topological polar surface area (TPSA) is 43.4 Å². The predicted octanol–water partition coefficient (Wildman–Crippen LogP) is 4.11. The predicted molar refractivity (Wildman–Crippen MR) is 85.9 cm³/mol. The second kappa shape index (κ2) is 7.09. The van der Waals surface area contributed by atoms with Crippen LogP contribution in [0.5, 0.6) is 5.75 Å². The minimum absolute atomic E-state index is 0.237. The summed E-state index contributed by atoms with van der Waals surface area (Å²) in [5.41, 5.74) is 0.911. The first-order chi connectivity index (χ1) is 8.77. The minimum atomic E-state index is -3.08. The zero-order valence-electron chi connectivity index (χ0n) is 11.2. The van der Waals surface area contributed by atoms with Crippen LogP contribution in [0.4, 0.5) is 0 Å². The van der Waals surface area contributed by atoms with Gasteiger partial charge in [0, 0.05) is 6.26 Å². The van der Waals surface area contributed by atoms with Crippen molar-refractivity contribution in [2.75, 3.05) is 12.9 Å². The van der Waals surface area contributed by atoms with Gasteiger partial charge in [-0.1, -0.05) is 28.9 Å². The molecule has 0 bridgehead atoms. The number of benzene rings is 1. The summed E-state index contributed by atoms with van der Waals surface area (Å²) in [6.45, 7) is 4.41. The largest absolute Gasteiger partial charge is 0.492 e. The molecule has 1 aromatic rings. The summed E-state index contributed by atoms with van der Waals surface area (Å²) < 4.78 is 29.6. The van der Waals surface area contributed by atoms with Crippen molar-refractivity contribution < 1.29 is 13.2 Å². The molecule has 2 atom stereocenters. The summed E-state index contributed by atoms with van der Waals surface area (Å²) in [5, 5.41) is -0.484. The van der Waals surface area contributed by atoms with Crippen LogP contribution in [0.15, 0.2) is 22.7 Å². The van der Waals surface area contributed by atoms with Gasteiger partial charge >= 0.3 is 0 Å². The number of rotatable bonds is 6. The first-order valence-corrected chi connectivity index (χ1v) is 9.69. The van der Waals surface area contributed by atoms with Gasteiger partial charge in [0.1, 0.15) is 5.75 Å². The lowest BCUT2D eigenvalue weighted by Gasteiger charge is -2.18. The van der Waals surface area contributed by atoms with Crippen molar-refractivity contribution >= 4 is 41.7 Å². The van der Waals surface area contributed by atoms with E-state index in [9.17, 15) is 8.42 Å². The molecule has 0 spiro atoms. The quantitative estimate of drug-likeness (QED) is 0.659. The second-order valence-electron chi connectivity index (χ2n) is 4.47. The van der Waals surface area contributed by atoms with Crippen molar-refractivity contribution in [3.05, 3.63) is 28.2 Å². The van der Waals surface area contributed by atoms with Gasteiger partial charge in [-0.25, -0.2) is 8.42 Å². The Morgan fingerprint density at radius 1 is 1.37 bits per heavy atom. The Bertz CT molecular complexity index is 529. The average molecular weight is 414 g/mol. The summed E-state index contributed by atoms with van der Waals surface area (Å²) in [6.07, 6.45) is 2.19. The molecule has 1 aromatic carbocycles. The van der Waals surface area contributed by atoms with Gasteiger partial charge in [-0.2, -0.15) is 0 Å². The molecule has 0 saturated heterocycles. The van der Waals surface area contributed by atoms with E-state index in [-0.39, 0.29) is 4.83 Å². The molecule has 19 heavy (non-hydrogen) atoms. The Hall–Kier alpha value is -0.0700. The monoisotopic (exact) mass is 412 g/mol. The maximum Gasteiger partial charge on any atom is 0.151 e. The lowest BCUT2D eigenvalue weighted by atomic mass is 10.1. The molecule has 108 valence electrons. The lowest BCUT2D eigenvalue weighted by molar-refractivity contribution is 0.315. The maximum absolute atomic E-state index is 11.6. The number of hydrogen-bond donors (Lipinski definition) is 0. The van der Waals surface area contributed by atoms with Crippen molar-refractivity contribution in [3.63, 3.8) is 0 Å². The Morgan fingerprint density at radius 3 is 2.47 bits per heavy atom. The first kappa shape index (κ1) is 17.0. The molecule has 0 N–H and O–H groups in total. The van der Waals surface area contributed by atoms with Crippen molar-refractivity contribution in [1.82, 2.24) is 0 Å². The number of sulfone groups is 1. The molecular formula is C13H18Br2O3S. The number of hydrogen-bond acceptors (Lipinski definition) is 3. The highest BCUT2D eigenvalue weighted by Crippen LogP contribution is 2.35.